The number of aromatic nitrogens is 1. The Hall–Kier alpha value is -0.940. The molecule has 0 radical (unpaired) electrons. The normalized spacial score (nSPS) is 15.9. The Morgan fingerprint density at radius 3 is 2.62 bits per heavy atom. The minimum atomic E-state index is 0.136. The van der Waals surface area contributed by atoms with Gasteiger partial charge in [-0.3, -0.25) is 4.79 Å². The average molecular weight is 239 g/mol. The fourth-order valence-corrected chi connectivity index (χ4v) is 2.80. The molecule has 5 heteroatoms. The van der Waals surface area contributed by atoms with Crippen LogP contribution in [0.15, 0.2) is 0 Å². The standard InChI is InChI=1S/C11H17N3OS/c1-4-14(9-5-12-6-9)11(15)10-7(2)13-8(3)16-10/h9,12H,4-6H2,1-3H3. The first-order valence-corrected chi connectivity index (χ1v) is 6.40. The Balaban J connectivity index is 2.19. The van der Waals surface area contributed by atoms with Gasteiger partial charge in [-0.05, 0) is 20.8 Å². The number of carbonyl (C=O) groups is 1. The molecule has 2 rings (SSSR count). The quantitative estimate of drug-likeness (QED) is 0.862. The molecule has 1 amide bonds. The molecule has 0 saturated carbocycles. The minimum Gasteiger partial charge on any atom is -0.333 e. The number of aryl methyl sites for hydroxylation is 2. The van der Waals surface area contributed by atoms with Crippen LogP contribution in [0.25, 0.3) is 0 Å². The zero-order valence-electron chi connectivity index (χ0n) is 9.91. The van der Waals surface area contributed by atoms with E-state index in [1.807, 2.05) is 25.7 Å². The summed E-state index contributed by atoms with van der Waals surface area (Å²) in [7, 11) is 0. The van der Waals surface area contributed by atoms with Crippen molar-refractivity contribution in [3.05, 3.63) is 15.6 Å². The first kappa shape index (κ1) is 11.5. The maximum absolute atomic E-state index is 12.3. The second-order valence-corrected chi connectivity index (χ2v) is 5.25. The average Bonchev–Trinajstić information content (AvgIpc) is 2.50. The van der Waals surface area contributed by atoms with Crippen LogP contribution in [0, 0.1) is 13.8 Å². The van der Waals surface area contributed by atoms with E-state index in [2.05, 4.69) is 10.3 Å². The minimum absolute atomic E-state index is 0.136. The van der Waals surface area contributed by atoms with E-state index in [1.54, 1.807) is 0 Å². The van der Waals surface area contributed by atoms with Crippen LogP contribution in [0.2, 0.25) is 0 Å². The molecule has 2 heterocycles. The number of nitrogens with one attached hydrogen (secondary N) is 1. The van der Waals surface area contributed by atoms with Gasteiger partial charge in [-0.15, -0.1) is 11.3 Å². The maximum Gasteiger partial charge on any atom is 0.266 e. The number of likely N-dealkylation sites (N-methyl/N-ethyl adjacent to an activating group) is 1. The molecule has 1 aliphatic rings. The number of hydrogen-bond donors (Lipinski definition) is 1. The molecule has 0 aromatic carbocycles. The van der Waals surface area contributed by atoms with Gasteiger partial charge >= 0.3 is 0 Å². The van der Waals surface area contributed by atoms with E-state index < -0.39 is 0 Å². The zero-order chi connectivity index (χ0) is 11.7. The summed E-state index contributed by atoms with van der Waals surface area (Å²) in [5, 5.41) is 4.16. The second kappa shape index (κ2) is 4.51. The molecule has 1 saturated heterocycles. The highest BCUT2D eigenvalue weighted by Crippen LogP contribution is 2.20. The number of carbonyl (C=O) groups excluding carboxylic acids is 1. The Labute approximate surface area is 99.7 Å². The summed E-state index contributed by atoms with van der Waals surface area (Å²) >= 11 is 1.50. The van der Waals surface area contributed by atoms with Gasteiger partial charge in [0.1, 0.15) is 4.88 Å². The summed E-state index contributed by atoms with van der Waals surface area (Å²) < 4.78 is 0. The molecule has 4 nitrogen and oxygen atoms in total. The highest BCUT2D eigenvalue weighted by Gasteiger charge is 2.29. The maximum atomic E-state index is 12.3. The van der Waals surface area contributed by atoms with Crippen LogP contribution in [0.4, 0.5) is 0 Å². The van der Waals surface area contributed by atoms with E-state index >= 15 is 0 Å². The van der Waals surface area contributed by atoms with Gasteiger partial charge in [0.05, 0.1) is 16.7 Å². The van der Waals surface area contributed by atoms with Gasteiger partial charge in [-0.2, -0.15) is 0 Å². The highest BCUT2D eigenvalue weighted by atomic mass is 32.1. The molecule has 88 valence electrons. The Kier molecular flexibility index (Phi) is 3.25. The fourth-order valence-electron chi connectivity index (χ4n) is 1.92. The lowest BCUT2D eigenvalue weighted by molar-refractivity contribution is 0.0634. The van der Waals surface area contributed by atoms with Crippen LogP contribution >= 0.6 is 11.3 Å². The van der Waals surface area contributed by atoms with Gasteiger partial charge in [0.2, 0.25) is 0 Å². The van der Waals surface area contributed by atoms with Gasteiger partial charge < -0.3 is 10.2 Å². The lowest BCUT2D eigenvalue weighted by atomic mass is 10.1. The molecule has 1 aromatic rings. The third-order valence-electron chi connectivity index (χ3n) is 2.90. The lowest BCUT2D eigenvalue weighted by Gasteiger charge is -2.37. The van der Waals surface area contributed by atoms with Gasteiger partial charge in [0.25, 0.3) is 5.91 Å². The molecule has 0 atom stereocenters. The molecular formula is C11H17N3OS. The van der Waals surface area contributed by atoms with Crippen LogP contribution in [0.5, 0.6) is 0 Å². The van der Waals surface area contributed by atoms with Crippen LogP contribution in [-0.2, 0) is 0 Å². The fraction of sp³-hybridized carbons (Fsp3) is 0.636. The van der Waals surface area contributed by atoms with Crippen molar-refractivity contribution in [2.45, 2.75) is 26.8 Å². The Morgan fingerprint density at radius 1 is 1.56 bits per heavy atom. The molecule has 1 aromatic heterocycles. The second-order valence-electron chi connectivity index (χ2n) is 4.05. The topological polar surface area (TPSA) is 45.2 Å². The van der Waals surface area contributed by atoms with Crippen molar-refractivity contribution in [3.8, 4) is 0 Å². The van der Waals surface area contributed by atoms with E-state index in [0.717, 1.165) is 35.2 Å². The molecule has 16 heavy (non-hydrogen) atoms. The SMILES string of the molecule is CCN(C(=O)c1sc(C)nc1C)C1CNC1. The molecule has 0 bridgehead atoms. The van der Waals surface area contributed by atoms with Gasteiger partial charge in [-0.1, -0.05) is 0 Å². The van der Waals surface area contributed by atoms with E-state index in [-0.39, 0.29) is 5.91 Å². The molecule has 1 aliphatic heterocycles. The van der Waals surface area contributed by atoms with Gasteiger partial charge in [-0.25, -0.2) is 4.98 Å². The monoisotopic (exact) mass is 239 g/mol. The highest BCUT2D eigenvalue weighted by molar-refractivity contribution is 7.13. The molecule has 0 aliphatic carbocycles. The van der Waals surface area contributed by atoms with Crippen molar-refractivity contribution in [1.82, 2.24) is 15.2 Å². The van der Waals surface area contributed by atoms with Crippen LogP contribution in [0.3, 0.4) is 0 Å². The third-order valence-corrected chi connectivity index (χ3v) is 3.96. The van der Waals surface area contributed by atoms with Gasteiger partial charge in [0, 0.05) is 19.6 Å². The third kappa shape index (κ3) is 1.97. The van der Waals surface area contributed by atoms with Crippen molar-refractivity contribution in [1.29, 1.82) is 0 Å². The van der Waals surface area contributed by atoms with Crippen molar-refractivity contribution < 1.29 is 4.79 Å². The molecule has 0 spiro atoms. The predicted molar refractivity (Wildman–Crippen MR) is 65.0 cm³/mol. The van der Waals surface area contributed by atoms with Gasteiger partial charge in [0.15, 0.2) is 0 Å². The van der Waals surface area contributed by atoms with Crippen molar-refractivity contribution in [2.75, 3.05) is 19.6 Å². The first-order chi connectivity index (χ1) is 7.63. The number of nitrogens with zero attached hydrogens (tertiary/aromatic N) is 2. The van der Waals surface area contributed by atoms with Crippen LogP contribution in [-0.4, -0.2) is 41.5 Å². The summed E-state index contributed by atoms with van der Waals surface area (Å²) in [6, 6.07) is 0.360. The number of thiazole rings is 1. The lowest BCUT2D eigenvalue weighted by Crippen LogP contribution is -2.58. The summed E-state index contributed by atoms with van der Waals surface area (Å²) in [5.41, 5.74) is 0.859. The summed E-state index contributed by atoms with van der Waals surface area (Å²) in [4.78, 5) is 19.4. The molecular weight excluding hydrogens is 222 g/mol. The predicted octanol–water partition coefficient (Wildman–Crippen LogP) is 1.19. The smallest absolute Gasteiger partial charge is 0.266 e. The van der Waals surface area contributed by atoms with Crippen LogP contribution < -0.4 is 5.32 Å². The zero-order valence-corrected chi connectivity index (χ0v) is 10.7. The largest absolute Gasteiger partial charge is 0.333 e. The number of rotatable bonds is 3. The Bertz CT molecular complexity index is 398. The Morgan fingerprint density at radius 2 is 2.25 bits per heavy atom. The van der Waals surface area contributed by atoms with E-state index in [4.69, 9.17) is 0 Å². The molecule has 1 fully saturated rings. The first-order valence-electron chi connectivity index (χ1n) is 5.59. The van der Waals surface area contributed by atoms with E-state index in [0.29, 0.717) is 6.04 Å². The summed E-state index contributed by atoms with van der Waals surface area (Å²) in [6.45, 7) is 8.47. The molecule has 0 unspecified atom stereocenters. The van der Waals surface area contributed by atoms with E-state index in [1.165, 1.54) is 11.3 Å². The number of hydrogen-bond acceptors (Lipinski definition) is 4. The van der Waals surface area contributed by atoms with E-state index in [9.17, 15) is 4.79 Å². The number of amides is 1. The van der Waals surface area contributed by atoms with Crippen molar-refractivity contribution in [2.24, 2.45) is 0 Å². The van der Waals surface area contributed by atoms with Crippen LogP contribution in [0.1, 0.15) is 27.3 Å². The van der Waals surface area contributed by atoms with Crippen molar-refractivity contribution >= 4 is 17.2 Å². The molecule has 1 N–H and O–H groups in total. The summed E-state index contributed by atoms with van der Waals surface area (Å²) in [6.07, 6.45) is 0. The summed E-state index contributed by atoms with van der Waals surface area (Å²) in [5.74, 6) is 0.136. The van der Waals surface area contributed by atoms with Crippen molar-refractivity contribution in [3.63, 3.8) is 0 Å².